The molecule has 154 valence electrons. The lowest BCUT2D eigenvalue weighted by Gasteiger charge is -2.30. The molecule has 7 heteroatoms. The number of oxazole rings is 1. The summed E-state index contributed by atoms with van der Waals surface area (Å²) >= 11 is 0. The van der Waals surface area contributed by atoms with Crippen molar-refractivity contribution in [1.82, 2.24) is 14.8 Å². The lowest BCUT2D eigenvalue weighted by Crippen LogP contribution is -2.37. The van der Waals surface area contributed by atoms with Gasteiger partial charge in [0.2, 0.25) is 11.7 Å². The van der Waals surface area contributed by atoms with Crippen LogP contribution in [-0.2, 0) is 4.79 Å². The van der Waals surface area contributed by atoms with Crippen molar-refractivity contribution in [2.24, 2.45) is 17.8 Å². The first-order chi connectivity index (χ1) is 13.9. The highest BCUT2D eigenvalue weighted by Crippen LogP contribution is 2.45. The Morgan fingerprint density at radius 3 is 2.79 bits per heavy atom. The topological polar surface area (TPSA) is 66.7 Å². The third-order valence-electron chi connectivity index (χ3n) is 6.04. The predicted molar refractivity (Wildman–Crippen MR) is 104 cm³/mol. The maximum Gasteiger partial charge on any atom is 0.291 e. The summed E-state index contributed by atoms with van der Waals surface area (Å²) in [5.41, 5.74) is 0.796. The van der Waals surface area contributed by atoms with Crippen molar-refractivity contribution in [3.8, 4) is 0 Å². The standard InChI is InChI=1S/C22H26FN3O3/c1-14(2)6-7-20(27)26-11-16-10-25(22(28)19-9-24-13-29-19)12-18(16)21(26)15-4-3-5-17(23)8-15/h3-5,8-9,13-14,16,18,21H,6-7,10-12H2,1-2H3/t16-,18-,21+/m0/s1. The Morgan fingerprint density at radius 2 is 2.10 bits per heavy atom. The third-order valence-corrected chi connectivity index (χ3v) is 6.04. The molecule has 0 N–H and O–H groups in total. The number of amides is 2. The van der Waals surface area contributed by atoms with E-state index < -0.39 is 0 Å². The van der Waals surface area contributed by atoms with Gasteiger partial charge in [0.25, 0.3) is 5.91 Å². The molecular weight excluding hydrogens is 373 g/mol. The molecule has 2 amide bonds. The largest absolute Gasteiger partial charge is 0.438 e. The first kappa shape index (κ1) is 19.6. The van der Waals surface area contributed by atoms with E-state index in [4.69, 9.17) is 4.42 Å². The second kappa shape index (κ2) is 7.97. The van der Waals surface area contributed by atoms with Crippen molar-refractivity contribution < 1.29 is 18.4 Å². The molecule has 0 spiro atoms. The van der Waals surface area contributed by atoms with Crippen LogP contribution in [0.15, 0.2) is 41.3 Å². The summed E-state index contributed by atoms with van der Waals surface area (Å²) < 4.78 is 19.1. The highest BCUT2D eigenvalue weighted by Gasteiger charge is 2.50. The number of fused-ring (bicyclic) bond motifs is 1. The number of nitrogens with zero attached hydrogens (tertiary/aromatic N) is 3. The maximum atomic E-state index is 13.9. The van der Waals surface area contributed by atoms with E-state index in [1.165, 1.54) is 24.7 Å². The number of hydrogen-bond donors (Lipinski definition) is 0. The minimum Gasteiger partial charge on any atom is -0.438 e. The van der Waals surface area contributed by atoms with Crippen LogP contribution in [0.2, 0.25) is 0 Å². The van der Waals surface area contributed by atoms with Gasteiger partial charge in [-0.3, -0.25) is 9.59 Å². The molecule has 3 heterocycles. The number of benzene rings is 1. The van der Waals surface area contributed by atoms with Gasteiger partial charge in [-0.25, -0.2) is 9.37 Å². The quantitative estimate of drug-likeness (QED) is 0.772. The Bertz CT molecular complexity index is 883. The Hall–Kier alpha value is -2.70. The number of aromatic nitrogens is 1. The molecule has 2 aromatic rings. The minimum atomic E-state index is -0.312. The highest BCUT2D eigenvalue weighted by molar-refractivity contribution is 5.91. The molecular formula is C22H26FN3O3. The molecule has 1 aromatic carbocycles. The number of halogens is 1. The Balaban J connectivity index is 1.57. The fourth-order valence-electron chi connectivity index (χ4n) is 4.62. The summed E-state index contributed by atoms with van der Waals surface area (Å²) in [6, 6.07) is 6.26. The molecule has 0 aliphatic carbocycles. The van der Waals surface area contributed by atoms with Crippen molar-refractivity contribution in [3.05, 3.63) is 54.0 Å². The van der Waals surface area contributed by atoms with Crippen molar-refractivity contribution in [1.29, 1.82) is 0 Å². The molecule has 2 saturated heterocycles. The van der Waals surface area contributed by atoms with Crippen LogP contribution in [0.1, 0.15) is 48.8 Å². The van der Waals surface area contributed by atoms with Gasteiger partial charge in [0, 0.05) is 37.9 Å². The molecule has 2 aliphatic heterocycles. The third kappa shape index (κ3) is 3.91. The van der Waals surface area contributed by atoms with E-state index in [1.807, 2.05) is 11.0 Å². The fourth-order valence-corrected chi connectivity index (χ4v) is 4.62. The summed E-state index contributed by atoms with van der Waals surface area (Å²) in [6.45, 7) is 5.86. The van der Waals surface area contributed by atoms with Gasteiger partial charge in [-0.05, 0) is 30.0 Å². The minimum absolute atomic E-state index is 0.0756. The van der Waals surface area contributed by atoms with Crippen LogP contribution in [-0.4, -0.2) is 46.2 Å². The Morgan fingerprint density at radius 1 is 1.28 bits per heavy atom. The van der Waals surface area contributed by atoms with E-state index >= 15 is 0 Å². The van der Waals surface area contributed by atoms with Gasteiger partial charge in [0.05, 0.1) is 12.2 Å². The molecule has 29 heavy (non-hydrogen) atoms. The summed E-state index contributed by atoms with van der Waals surface area (Å²) in [5, 5.41) is 0. The van der Waals surface area contributed by atoms with Gasteiger partial charge < -0.3 is 14.2 Å². The van der Waals surface area contributed by atoms with Gasteiger partial charge in [0.1, 0.15) is 5.82 Å². The smallest absolute Gasteiger partial charge is 0.291 e. The van der Waals surface area contributed by atoms with E-state index in [2.05, 4.69) is 18.8 Å². The van der Waals surface area contributed by atoms with Crippen molar-refractivity contribution in [3.63, 3.8) is 0 Å². The van der Waals surface area contributed by atoms with Crippen LogP contribution in [0.5, 0.6) is 0 Å². The molecule has 2 fully saturated rings. The average molecular weight is 399 g/mol. The van der Waals surface area contributed by atoms with Crippen LogP contribution in [0.3, 0.4) is 0 Å². The van der Waals surface area contributed by atoms with Crippen LogP contribution in [0.25, 0.3) is 0 Å². The molecule has 3 atom stereocenters. The van der Waals surface area contributed by atoms with E-state index in [9.17, 15) is 14.0 Å². The van der Waals surface area contributed by atoms with Crippen molar-refractivity contribution in [2.75, 3.05) is 19.6 Å². The number of rotatable bonds is 5. The summed E-state index contributed by atoms with van der Waals surface area (Å²) in [7, 11) is 0. The first-order valence-corrected chi connectivity index (χ1v) is 10.2. The fraction of sp³-hybridized carbons (Fsp3) is 0.500. The first-order valence-electron chi connectivity index (χ1n) is 10.2. The van der Waals surface area contributed by atoms with Crippen LogP contribution < -0.4 is 0 Å². The van der Waals surface area contributed by atoms with Crippen LogP contribution >= 0.6 is 0 Å². The van der Waals surface area contributed by atoms with E-state index in [0.717, 1.165) is 12.0 Å². The molecule has 4 rings (SSSR count). The van der Waals surface area contributed by atoms with Gasteiger partial charge in [-0.1, -0.05) is 26.0 Å². The van der Waals surface area contributed by atoms with Gasteiger partial charge >= 0.3 is 0 Å². The maximum absolute atomic E-state index is 13.9. The predicted octanol–water partition coefficient (Wildman–Crippen LogP) is 3.52. The SMILES string of the molecule is CC(C)CCC(=O)N1C[C@@H]2CN(C(=O)c3cnco3)C[C@@H]2[C@H]1c1cccc(F)c1. The monoisotopic (exact) mass is 399 g/mol. The second-order valence-electron chi connectivity index (χ2n) is 8.48. The molecule has 6 nitrogen and oxygen atoms in total. The summed E-state index contributed by atoms with van der Waals surface area (Å²) in [6.07, 6.45) is 3.98. The van der Waals surface area contributed by atoms with Crippen molar-refractivity contribution >= 4 is 11.8 Å². The summed E-state index contributed by atoms with van der Waals surface area (Å²) in [5.74, 6) is 0.516. The highest BCUT2D eigenvalue weighted by atomic mass is 19.1. The lowest BCUT2D eigenvalue weighted by molar-refractivity contribution is -0.133. The van der Waals surface area contributed by atoms with Crippen LogP contribution in [0.4, 0.5) is 4.39 Å². The van der Waals surface area contributed by atoms with Gasteiger partial charge in [-0.2, -0.15) is 0 Å². The Kier molecular flexibility index (Phi) is 5.39. The zero-order valence-corrected chi connectivity index (χ0v) is 16.8. The molecule has 0 radical (unpaired) electrons. The lowest BCUT2D eigenvalue weighted by atomic mass is 9.89. The van der Waals surface area contributed by atoms with E-state index in [1.54, 1.807) is 11.0 Å². The zero-order valence-electron chi connectivity index (χ0n) is 16.8. The second-order valence-corrected chi connectivity index (χ2v) is 8.48. The Labute approximate surface area is 169 Å². The van der Waals surface area contributed by atoms with Gasteiger partial charge in [-0.15, -0.1) is 0 Å². The molecule has 0 saturated carbocycles. The molecule has 1 aromatic heterocycles. The molecule has 2 aliphatic rings. The molecule has 0 bridgehead atoms. The average Bonchev–Trinajstić information content (AvgIpc) is 3.40. The number of carbonyl (C=O) groups excluding carboxylic acids is 2. The normalized spacial score (nSPS) is 23.7. The van der Waals surface area contributed by atoms with E-state index in [0.29, 0.717) is 32.0 Å². The van der Waals surface area contributed by atoms with E-state index in [-0.39, 0.29) is 41.3 Å². The molecule has 0 unspecified atom stereocenters. The number of likely N-dealkylation sites (tertiary alicyclic amines) is 2. The zero-order chi connectivity index (χ0) is 20.5. The summed E-state index contributed by atoms with van der Waals surface area (Å²) in [4.78, 5) is 33.1. The number of carbonyl (C=O) groups is 2. The number of hydrogen-bond acceptors (Lipinski definition) is 4. The van der Waals surface area contributed by atoms with Crippen molar-refractivity contribution in [2.45, 2.75) is 32.7 Å². The van der Waals surface area contributed by atoms with Gasteiger partial charge in [0.15, 0.2) is 6.39 Å². The van der Waals surface area contributed by atoms with Crippen LogP contribution in [0, 0.1) is 23.6 Å².